The van der Waals surface area contributed by atoms with Crippen LogP contribution in [0, 0.1) is 11.3 Å². The quantitative estimate of drug-likeness (QED) is 0.589. The van der Waals surface area contributed by atoms with E-state index in [0.29, 0.717) is 25.6 Å². The third-order valence-corrected chi connectivity index (χ3v) is 5.67. The second kappa shape index (κ2) is 9.20. The van der Waals surface area contributed by atoms with Crippen molar-refractivity contribution in [2.75, 3.05) is 25.6 Å². The van der Waals surface area contributed by atoms with E-state index in [-0.39, 0.29) is 17.2 Å². The van der Waals surface area contributed by atoms with E-state index >= 15 is 0 Å². The molecule has 1 aromatic rings. The molecule has 1 aliphatic rings. The molecular weight excluding hydrogens is 350 g/mol. The van der Waals surface area contributed by atoms with Gasteiger partial charge < -0.3 is 9.47 Å². The van der Waals surface area contributed by atoms with Crippen LogP contribution < -0.4 is 9.46 Å². The van der Waals surface area contributed by atoms with Gasteiger partial charge >= 0.3 is 0 Å². The van der Waals surface area contributed by atoms with E-state index in [0.717, 1.165) is 17.9 Å². The third-order valence-electron chi connectivity index (χ3n) is 4.13. The molecule has 2 rings (SSSR count). The molecule has 1 N–H and O–H groups in total. The molecule has 1 aromatic carbocycles. The first-order valence-electron chi connectivity index (χ1n) is 9.45. The summed E-state index contributed by atoms with van der Waals surface area (Å²) in [5.41, 5.74) is 1.00. The average Bonchev–Trinajstić information content (AvgIpc) is 3.35. The van der Waals surface area contributed by atoms with E-state index in [4.69, 9.17) is 9.47 Å². The summed E-state index contributed by atoms with van der Waals surface area (Å²) in [6, 6.07) is 7.37. The van der Waals surface area contributed by atoms with Gasteiger partial charge in [-0.1, -0.05) is 32.9 Å². The van der Waals surface area contributed by atoms with Gasteiger partial charge in [0.15, 0.2) is 0 Å². The normalized spacial score (nSPS) is 16.5. The Bertz CT molecular complexity index is 663. The molecule has 0 saturated heterocycles. The lowest BCUT2D eigenvalue weighted by molar-refractivity contribution is 0.0720. The molecule has 0 aromatic heterocycles. The molecule has 0 aliphatic heterocycles. The Morgan fingerprint density at radius 1 is 1.27 bits per heavy atom. The maximum absolute atomic E-state index is 12.3. The Hall–Kier alpha value is -1.11. The number of rotatable bonds is 11. The predicted molar refractivity (Wildman–Crippen MR) is 105 cm³/mol. The topological polar surface area (TPSA) is 64.6 Å². The summed E-state index contributed by atoms with van der Waals surface area (Å²) >= 11 is 0. The van der Waals surface area contributed by atoms with Gasteiger partial charge in [-0.05, 0) is 55.2 Å². The highest BCUT2D eigenvalue weighted by Gasteiger charge is 2.22. The molecule has 26 heavy (non-hydrogen) atoms. The summed E-state index contributed by atoms with van der Waals surface area (Å²) < 4.78 is 38.6. The van der Waals surface area contributed by atoms with Gasteiger partial charge in [-0.25, -0.2) is 13.1 Å². The van der Waals surface area contributed by atoms with Crippen molar-refractivity contribution in [3.8, 4) is 5.75 Å². The SMILES string of the molecule is C[C@@H](NS(=O)(=O)CCCOCC(C)(C)C)c1cccc(OCC2CC2)c1. The number of ether oxygens (including phenoxy) is 2. The molecule has 1 atom stereocenters. The summed E-state index contributed by atoms with van der Waals surface area (Å²) in [7, 11) is -3.34. The lowest BCUT2D eigenvalue weighted by atomic mass is 9.99. The van der Waals surface area contributed by atoms with Gasteiger partial charge in [0.05, 0.1) is 19.0 Å². The Labute approximate surface area is 158 Å². The fourth-order valence-corrected chi connectivity index (χ4v) is 3.79. The summed E-state index contributed by atoms with van der Waals surface area (Å²) in [6.45, 7) is 9.97. The fourth-order valence-electron chi connectivity index (χ4n) is 2.50. The molecule has 0 bridgehead atoms. The van der Waals surface area contributed by atoms with Crippen molar-refractivity contribution in [3.05, 3.63) is 29.8 Å². The second-order valence-electron chi connectivity index (χ2n) is 8.45. The largest absolute Gasteiger partial charge is 0.493 e. The van der Waals surface area contributed by atoms with Crippen molar-refractivity contribution in [1.29, 1.82) is 0 Å². The first-order chi connectivity index (χ1) is 12.1. The Kier molecular flexibility index (Phi) is 7.50. The first-order valence-corrected chi connectivity index (χ1v) is 11.1. The molecule has 0 unspecified atom stereocenters. The molecule has 1 aliphatic carbocycles. The second-order valence-corrected chi connectivity index (χ2v) is 10.3. The minimum absolute atomic E-state index is 0.0688. The van der Waals surface area contributed by atoms with E-state index in [2.05, 4.69) is 25.5 Å². The number of nitrogens with one attached hydrogen (secondary N) is 1. The van der Waals surface area contributed by atoms with E-state index in [1.54, 1.807) is 0 Å². The highest BCUT2D eigenvalue weighted by molar-refractivity contribution is 7.89. The van der Waals surface area contributed by atoms with E-state index < -0.39 is 10.0 Å². The minimum Gasteiger partial charge on any atom is -0.493 e. The van der Waals surface area contributed by atoms with Crippen molar-refractivity contribution in [1.82, 2.24) is 4.72 Å². The van der Waals surface area contributed by atoms with Gasteiger partial charge in [-0.15, -0.1) is 0 Å². The van der Waals surface area contributed by atoms with E-state index in [1.165, 1.54) is 12.8 Å². The number of sulfonamides is 1. The Morgan fingerprint density at radius 2 is 2.00 bits per heavy atom. The number of hydrogen-bond acceptors (Lipinski definition) is 4. The summed E-state index contributed by atoms with van der Waals surface area (Å²) in [4.78, 5) is 0. The predicted octanol–water partition coefficient (Wildman–Crippen LogP) is 3.91. The monoisotopic (exact) mass is 383 g/mol. The van der Waals surface area contributed by atoms with Crippen LogP contribution in [-0.2, 0) is 14.8 Å². The molecule has 0 spiro atoms. The summed E-state index contributed by atoms with van der Waals surface area (Å²) in [5.74, 6) is 1.56. The van der Waals surface area contributed by atoms with E-state index in [9.17, 15) is 8.42 Å². The van der Waals surface area contributed by atoms with Gasteiger partial charge in [0, 0.05) is 12.6 Å². The zero-order chi connectivity index (χ0) is 19.2. The van der Waals surface area contributed by atoms with Crippen LogP contribution >= 0.6 is 0 Å². The molecule has 1 fully saturated rings. The van der Waals surface area contributed by atoms with Gasteiger partial charge in [0.1, 0.15) is 5.75 Å². The van der Waals surface area contributed by atoms with Crippen LogP contribution in [0.25, 0.3) is 0 Å². The zero-order valence-electron chi connectivity index (χ0n) is 16.5. The third kappa shape index (κ3) is 8.52. The van der Waals surface area contributed by atoms with Crippen molar-refractivity contribution >= 4 is 10.0 Å². The van der Waals surface area contributed by atoms with Crippen LogP contribution in [0.15, 0.2) is 24.3 Å². The van der Waals surface area contributed by atoms with Crippen molar-refractivity contribution in [2.24, 2.45) is 11.3 Å². The van der Waals surface area contributed by atoms with Crippen LogP contribution in [0.4, 0.5) is 0 Å². The lowest BCUT2D eigenvalue weighted by Gasteiger charge is -2.18. The molecule has 1 saturated carbocycles. The van der Waals surface area contributed by atoms with Gasteiger partial charge in [0.25, 0.3) is 0 Å². The molecule has 6 heteroatoms. The van der Waals surface area contributed by atoms with Crippen LogP contribution in [0.1, 0.15) is 58.6 Å². The zero-order valence-corrected chi connectivity index (χ0v) is 17.3. The molecule has 5 nitrogen and oxygen atoms in total. The van der Waals surface area contributed by atoms with Crippen LogP contribution in [0.5, 0.6) is 5.75 Å². The molecule has 0 amide bonds. The highest BCUT2D eigenvalue weighted by atomic mass is 32.2. The van der Waals surface area contributed by atoms with Gasteiger partial charge in [-0.3, -0.25) is 0 Å². The molecule has 148 valence electrons. The molecule has 0 radical (unpaired) electrons. The van der Waals surface area contributed by atoms with Gasteiger partial charge in [0.2, 0.25) is 10.0 Å². The molecular formula is C20H33NO4S. The smallest absolute Gasteiger partial charge is 0.212 e. The van der Waals surface area contributed by atoms with Gasteiger partial charge in [-0.2, -0.15) is 0 Å². The van der Waals surface area contributed by atoms with Crippen LogP contribution in [-0.4, -0.2) is 34.0 Å². The summed E-state index contributed by atoms with van der Waals surface area (Å²) in [6.07, 6.45) is 2.98. The van der Waals surface area contributed by atoms with Crippen LogP contribution in [0.3, 0.4) is 0 Å². The van der Waals surface area contributed by atoms with Crippen molar-refractivity contribution < 1.29 is 17.9 Å². The molecule has 0 heterocycles. The summed E-state index contributed by atoms with van der Waals surface area (Å²) in [5, 5.41) is 0. The maximum atomic E-state index is 12.3. The minimum atomic E-state index is -3.34. The standard InChI is InChI=1S/C20H33NO4S/c1-16(18-7-5-8-19(13-18)25-14-17-9-10-17)21-26(22,23)12-6-11-24-15-20(2,3)4/h5,7-8,13,16-17,21H,6,9-12,14-15H2,1-4H3/t16-/m1/s1. The van der Waals surface area contributed by atoms with Crippen molar-refractivity contribution in [3.63, 3.8) is 0 Å². The van der Waals surface area contributed by atoms with Crippen molar-refractivity contribution in [2.45, 2.75) is 53.0 Å². The fraction of sp³-hybridized carbons (Fsp3) is 0.700. The number of hydrogen-bond donors (Lipinski definition) is 1. The average molecular weight is 384 g/mol. The number of benzene rings is 1. The van der Waals surface area contributed by atoms with Crippen LogP contribution in [0.2, 0.25) is 0 Å². The Morgan fingerprint density at radius 3 is 2.65 bits per heavy atom. The lowest BCUT2D eigenvalue weighted by Crippen LogP contribution is -2.29. The first kappa shape index (κ1) is 21.2. The Balaban J connectivity index is 1.77. The highest BCUT2D eigenvalue weighted by Crippen LogP contribution is 2.30. The van der Waals surface area contributed by atoms with E-state index in [1.807, 2.05) is 31.2 Å². The maximum Gasteiger partial charge on any atom is 0.212 e.